The van der Waals surface area contributed by atoms with Crippen molar-refractivity contribution in [1.82, 2.24) is 5.43 Å². The topological polar surface area (TPSA) is 88.1 Å². The smallest absolute Gasteiger partial charge is 0.355 e. The van der Waals surface area contributed by atoms with Crippen LogP contribution in [0.1, 0.15) is 18.1 Å². The molecule has 0 saturated carbocycles. The van der Waals surface area contributed by atoms with Crippen LogP contribution in [0, 0.1) is 12.8 Å². The number of nitrogens with zero attached hydrogens (tertiary/aromatic N) is 2. The van der Waals surface area contributed by atoms with Gasteiger partial charge in [-0.25, -0.2) is 9.69 Å². The number of benzene rings is 2. The number of hydrogen-bond acceptors (Lipinski definition) is 6. The summed E-state index contributed by atoms with van der Waals surface area (Å²) < 4.78 is 5.06. The van der Waals surface area contributed by atoms with Crippen molar-refractivity contribution in [1.29, 1.82) is 0 Å². The average molecular weight is 412 g/mol. The normalized spacial score (nSPS) is 22.9. The molecule has 2 aliphatic heterocycles. The van der Waals surface area contributed by atoms with E-state index in [1.54, 1.807) is 43.3 Å². The summed E-state index contributed by atoms with van der Waals surface area (Å²) in [5.41, 5.74) is 3.04. The van der Waals surface area contributed by atoms with Crippen LogP contribution >= 0.6 is 11.6 Å². The molecular formula is C21H18ClN3O4. The summed E-state index contributed by atoms with van der Waals surface area (Å²) in [4.78, 5) is 40.6. The predicted molar refractivity (Wildman–Crippen MR) is 107 cm³/mol. The van der Waals surface area contributed by atoms with Crippen LogP contribution in [0.25, 0.3) is 0 Å². The molecule has 1 N–H and O–H groups in total. The number of imide groups is 1. The van der Waals surface area contributed by atoms with Crippen LogP contribution in [-0.4, -0.2) is 30.1 Å². The number of nitrogens with one attached hydrogen (secondary N) is 1. The lowest BCUT2D eigenvalue weighted by Gasteiger charge is -2.26. The van der Waals surface area contributed by atoms with Gasteiger partial charge in [-0.2, -0.15) is 5.10 Å². The van der Waals surface area contributed by atoms with Gasteiger partial charge >= 0.3 is 5.97 Å². The predicted octanol–water partition coefficient (Wildman–Crippen LogP) is 2.56. The maximum Gasteiger partial charge on any atom is 0.355 e. The highest BCUT2D eigenvalue weighted by atomic mass is 35.5. The number of esters is 1. The van der Waals surface area contributed by atoms with Gasteiger partial charge in [-0.1, -0.05) is 41.4 Å². The summed E-state index contributed by atoms with van der Waals surface area (Å²) in [6.07, 6.45) is 0. The molecule has 0 unspecified atom stereocenters. The van der Waals surface area contributed by atoms with Crippen molar-refractivity contribution in [3.63, 3.8) is 0 Å². The van der Waals surface area contributed by atoms with Crippen LogP contribution in [-0.2, 0) is 24.7 Å². The molecule has 2 aromatic rings. The highest BCUT2D eigenvalue weighted by Gasteiger charge is 2.67. The van der Waals surface area contributed by atoms with Crippen molar-refractivity contribution in [3.8, 4) is 0 Å². The van der Waals surface area contributed by atoms with Crippen LogP contribution in [0.5, 0.6) is 0 Å². The lowest BCUT2D eigenvalue weighted by atomic mass is 9.79. The van der Waals surface area contributed by atoms with Crippen molar-refractivity contribution >= 4 is 40.8 Å². The Morgan fingerprint density at radius 3 is 2.45 bits per heavy atom. The number of anilines is 1. The van der Waals surface area contributed by atoms with Crippen molar-refractivity contribution in [2.45, 2.75) is 19.4 Å². The van der Waals surface area contributed by atoms with E-state index in [2.05, 4.69) is 10.5 Å². The molecule has 1 fully saturated rings. The SMILES string of the molecule is CCOC(=O)C1=NN[C@@]2(c3ccc(Cl)cc3)C(=O)N(c3ccc(C)cc3)C(=O)[C@@H]12. The van der Waals surface area contributed by atoms with Gasteiger partial charge in [0.1, 0.15) is 5.92 Å². The number of aryl methyl sites for hydroxylation is 1. The Morgan fingerprint density at radius 2 is 1.83 bits per heavy atom. The Balaban J connectivity index is 1.86. The Bertz CT molecular complexity index is 1030. The number of carbonyl (C=O) groups excluding carboxylic acids is 3. The van der Waals surface area contributed by atoms with Gasteiger partial charge in [-0.3, -0.25) is 15.0 Å². The summed E-state index contributed by atoms with van der Waals surface area (Å²) in [7, 11) is 0. The maximum atomic E-state index is 13.6. The first-order valence-electron chi connectivity index (χ1n) is 9.13. The second-order valence-electron chi connectivity index (χ2n) is 6.89. The van der Waals surface area contributed by atoms with Crippen LogP contribution in [0.4, 0.5) is 5.69 Å². The minimum absolute atomic E-state index is 0.116. The van der Waals surface area contributed by atoms with Gasteiger partial charge in [0.15, 0.2) is 11.3 Å². The van der Waals surface area contributed by atoms with E-state index in [0.29, 0.717) is 16.3 Å². The molecule has 29 heavy (non-hydrogen) atoms. The van der Waals surface area contributed by atoms with Crippen molar-refractivity contribution in [3.05, 3.63) is 64.7 Å². The fourth-order valence-electron chi connectivity index (χ4n) is 3.74. The summed E-state index contributed by atoms with van der Waals surface area (Å²) >= 11 is 6.00. The van der Waals surface area contributed by atoms with Gasteiger partial charge in [0, 0.05) is 5.02 Å². The van der Waals surface area contributed by atoms with Gasteiger partial charge < -0.3 is 4.74 Å². The zero-order valence-corrected chi connectivity index (χ0v) is 16.6. The highest BCUT2D eigenvalue weighted by Crippen LogP contribution is 2.45. The molecule has 4 rings (SSSR count). The maximum absolute atomic E-state index is 13.6. The lowest BCUT2D eigenvalue weighted by molar-refractivity contribution is -0.136. The summed E-state index contributed by atoms with van der Waals surface area (Å²) in [5.74, 6) is -2.92. The number of halogens is 1. The summed E-state index contributed by atoms with van der Waals surface area (Å²) in [6.45, 7) is 3.70. The highest BCUT2D eigenvalue weighted by molar-refractivity contribution is 6.47. The standard InChI is InChI=1S/C21H18ClN3O4/c1-3-29-19(27)17-16-18(26)25(15-10-4-12(2)5-11-15)20(28)21(16,24-23-17)13-6-8-14(22)9-7-13/h4-11,16,24H,3H2,1-2H3/t16-,21-/m1/s1. The van der Waals surface area contributed by atoms with E-state index in [-0.39, 0.29) is 12.3 Å². The van der Waals surface area contributed by atoms with Gasteiger partial charge in [-0.05, 0) is 43.7 Å². The van der Waals surface area contributed by atoms with Crippen molar-refractivity contribution in [2.24, 2.45) is 11.0 Å². The molecule has 2 atom stereocenters. The molecule has 8 heteroatoms. The molecule has 1 saturated heterocycles. The van der Waals surface area contributed by atoms with E-state index >= 15 is 0 Å². The van der Waals surface area contributed by atoms with Gasteiger partial charge in [-0.15, -0.1) is 0 Å². The third kappa shape index (κ3) is 2.81. The number of hydrogen-bond donors (Lipinski definition) is 1. The van der Waals surface area contributed by atoms with Crippen LogP contribution in [0.3, 0.4) is 0 Å². The molecule has 0 aromatic heterocycles. The van der Waals surface area contributed by atoms with E-state index in [1.807, 2.05) is 19.1 Å². The quantitative estimate of drug-likeness (QED) is 0.617. The van der Waals surface area contributed by atoms with Crippen LogP contribution < -0.4 is 10.3 Å². The largest absolute Gasteiger partial charge is 0.461 e. The molecule has 2 aromatic carbocycles. The molecule has 148 valence electrons. The number of fused-ring (bicyclic) bond motifs is 1. The van der Waals surface area contributed by atoms with Gasteiger partial charge in [0.05, 0.1) is 12.3 Å². The number of carbonyl (C=O) groups is 3. The van der Waals surface area contributed by atoms with Crippen molar-refractivity contribution < 1.29 is 19.1 Å². The van der Waals surface area contributed by atoms with Gasteiger partial charge in [0.25, 0.3) is 5.91 Å². The summed E-state index contributed by atoms with van der Waals surface area (Å²) in [5, 5.41) is 4.53. The monoisotopic (exact) mass is 411 g/mol. The first kappa shape index (κ1) is 19.1. The number of hydrazone groups is 1. The zero-order chi connectivity index (χ0) is 20.8. The second kappa shape index (κ2) is 7.00. The molecule has 0 spiro atoms. The third-order valence-electron chi connectivity index (χ3n) is 5.14. The van der Waals surface area contributed by atoms with Crippen molar-refractivity contribution in [2.75, 3.05) is 11.5 Å². The minimum Gasteiger partial charge on any atom is -0.461 e. The Hall–Kier alpha value is -3.19. The molecular weight excluding hydrogens is 394 g/mol. The number of ether oxygens (including phenoxy) is 1. The number of rotatable bonds is 4. The Labute approximate surface area is 172 Å². The lowest BCUT2D eigenvalue weighted by Crippen LogP contribution is -2.48. The first-order chi connectivity index (χ1) is 13.9. The molecule has 2 heterocycles. The fraction of sp³-hybridized carbons (Fsp3) is 0.238. The van der Waals surface area contributed by atoms with E-state index in [0.717, 1.165) is 10.5 Å². The average Bonchev–Trinajstić information content (AvgIpc) is 3.20. The van der Waals surface area contributed by atoms with Gasteiger partial charge in [0.2, 0.25) is 5.91 Å². The molecule has 2 aliphatic rings. The summed E-state index contributed by atoms with van der Waals surface area (Å²) in [6, 6.07) is 13.6. The van der Waals surface area contributed by atoms with E-state index < -0.39 is 29.2 Å². The zero-order valence-electron chi connectivity index (χ0n) is 15.8. The first-order valence-corrected chi connectivity index (χ1v) is 9.51. The third-order valence-corrected chi connectivity index (χ3v) is 5.40. The minimum atomic E-state index is -1.53. The molecule has 0 aliphatic carbocycles. The van der Waals surface area contributed by atoms with Crippen LogP contribution in [0.15, 0.2) is 53.6 Å². The molecule has 0 bridgehead atoms. The van der Waals surface area contributed by atoms with E-state index in [4.69, 9.17) is 16.3 Å². The van der Waals surface area contributed by atoms with Crippen LogP contribution in [0.2, 0.25) is 5.02 Å². The van der Waals surface area contributed by atoms with E-state index in [1.165, 1.54) is 0 Å². The molecule has 0 radical (unpaired) electrons. The second-order valence-corrected chi connectivity index (χ2v) is 7.33. The molecule has 7 nitrogen and oxygen atoms in total. The molecule has 2 amide bonds. The fourth-order valence-corrected chi connectivity index (χ4v) is 3.86. The Morgan fingerprint density at radius 1 is 1.17 bits per heavy atom. The van der Waals surface area contributed by atoms with E-state index in [9.17, 15) is 14.4 Å². The number of amides is 2. The Kier molecular flexibility index (Phi) is 4.62.